The van der Waals surface area contributed by atoms with Crippen molar-refractivity contribution in [2.75, 3.05) is 44.7 Å². The van der Waals surface area contributed by atoms with Crippen LogP contribution in [0.15, 0.2) is 30.3 Å². The third kappa shape index (κ3) is 4.64. The zero-order valence-corrected chi connectivity index (χ0v) is 17.9. The highest BCUT2D eigenvalue weighted by Gasteiger charge is 2.25. The van der Waals surface area contributed by atoms with E-state index in [-0.39, 0.29) is 11.7 Å². The number of aromatic nitrogens is 1. The van der Waals surface area contributed by atoms with Crippen molar-refractivity contribution < 1.29 is 13.2 Å². The second kappa shape index (κ2) is 8.09. The molecule has 0 atom stereocenters. The number of nitrogens with zero attached hydrogens (tertiary/aromatic N) is 3. The van der Waals surface area contributed by atoms with E-state index in [1.807, 2.05) is 43.9 Å². The van der Waals surface area contributed by atoms with Gasteiger partial charge in [0.25, 0.3) is 5.91 Å². The van der Waals surface area contributed by atoms with Crippen molar-refractivity contribution >= 4 is 15.7 Å². The van der Waals surface area contributed by atoms with E-state index in [0.29, 0.717) is 38.3 Å². The Kier molecular flexibility index (Phi) is 5.95. The van der Waals surface area contributed by atoms with E-state index in [1.54, 1.807) is 0 Å². The molecule has 1 aromatic carbocycles. The van der Waals surface area contributed by atoms with Gasteiger partial charge in [0.1, 0.15) is 9.84 Å². The summed E-state index contributed by atoms with van der Waals surface area (Å²) >= 11 is 0. The Bertz CT molecular complexity index is 951. The summed E-state index contributed by atoms with van der Waals surface area (Å²) in [6.07, 6.45) is 1.26. The topological polar surface area (TPSA) is 62.6 Å². The molecular formula is C21H29N3O3S. The smallest absolute Gasteiger partial charge is 0.256 e. The van der Waals surface area contributed by atoms with Gasteiger partial charge >= 0.3 is 0 Å². The van der Waals surface area contributed by atoms with Gasteiger partial charge in [-0.15, -0.1) is 0 Å². The molecule has 1 saturated heterocycles. The standard InChI is InChI=1S/C21H29N3O3S/c1-16-5-8-20(24-17(2)6-7-18(24)3)19(15-16)21(25)23-11-9-22(10-12-23)13-14-28(4,26)27/h5-8,15H,9-14H2,1-4H3. The third-order valence-electron chi connectivity index (χ3n) is 5.33. The van der Waals surface area contributed by atoms with E-state index < -0.39 is 9.84 Å². The summed E-state index contributed by atoms with van der Waals surface area (Å²) in [6.45, 7) is 9.23. The van der Waals surface area contributed by atoms with Crippen molar-refractivity contribution in [3.63, 3.8) is 0 Å². The number of hydrogen-bond acceptors (Lipinski definition) is 4. The van der Waals surface area contributed by atoms with Gasteiger partial charge in [-0.2, -0.15) is 0 Å². The van der Waals surface area contributed by atoms with Gasteiger partial charge in [0.05, 0.1) is 17.0 Å². The first kappa shape index (κ1) is 20.6. The Balaban J connectivity index is 1.78. The molecule has 6 nitrogen and oxygen atoms in total. The lowest BCUT2D eigenvalue weighted by Crippen LogP contribution is -2.49. The molecule has 1 aromatic heterocycles. The number of piperazine rings is 1. The molecule has 0 N–H and O–H groups in total. The molecule has 1 aliphatic heterocycles. The number of sulfone groups is 1. The summed E-state index contributed by atoms with van der Waals surface area (Å²) < 4.78 is 24.9. The lowest BCUT2D eigenvalue weighted by Gasteiger charge is -2.35. The zero-order valence-electron chi connectivity index (χ0n) is 17.1. The molecule has 2 aromatic rings. The molecule has 1 fully saturated rings. The molecule has 28 heavy (non-hydrogen) atoms. The number of amides is 1. The second-order valence-electron chi connectivity index (χ2n) is 7.74. The van der Waals surface area contributed by atoms with Gasteiger partial charge in [0.2, 0.25) is 0 Å². The zero-order chi connectivity index (χ0) is 20.5. The fourth-order valence-corrected chi connectivity index (χ4v) is 4.29. The first-order chi connectivity index (χ1) is 13.2. The molecule has 0 aliphatic carbocycles. The molecule has 1 amide bonds. The van der Waals surface area contributed by atoms with Crippen LogP contribution in [0.25, 0.3) is 5.69 Å². The molecule has 0 bridgehead atoms. The van der Waals surface area contributed by atoms with Crippen LogP contribution in [0.4, 0.5) is 0 Å². The largest absolute Gasteiger partial charge is 0.336 e. The minimum absolute atomic E-state index is 0.0361. The maximum atomic E-state index is 13.3. The van der Waals surface area contributed by atoms with E-state index in [9.17, 15) is 13.2 Å². The third-order valence-corrected chi connectivity index (χ3v) is 6.26. The second-order valence-corrected chi connectivity index (χ2v) is 10.00. The van der Waals surface area contributed by atoms with Gasteiger partial charge in [-0.1, -0.05) is 11.6 Å². The summed E-state index contributed by atoms with van der Waals surface area (Å²) in [5.74, 6) is 0.198. The van der Waals surface area contributed by atoms with Crippen LogP contribution in [0, 0.1) is 20.8 Å². The molecule has 152 valence electrons. The van der Waals surface area contributed by atoms with Gasteiger partial charge in [-0.25, -0.2) is 8.42 Å². The van der Waals surface area contributed by atoms with E-state index in [2.05, 4.69) is 21.6 Å². The predicted octanol–water partition coefficient (Wildman–Crippen LogP) is 2.20. The van der Waals surface area contributed by atoms with Crippen molar-refractivity contribution in [3.8, 4) is 5.69 Å². The minimum Gasteiger partial charge on any atom is -0.336 e. The van der Waals surface area contributed by atoms with Crippen molar-refractivity contribution in [1.29, 1.82) is 0 Å². The van der Waals surface area contributed by atoms with Gasteiger partial charge in [-0.05, 0) is 45.0 Å². The van der Waals surface area contributed by atoms with E-state index in [1.165, 1.54) is 6.26 Å². The molecule has 7 heteroatoms. The summed E-state index contributed by atoms with van der Waals surface area (Å²) in [5.41, 5.74) is 4.88. The van der Waals surface area contributed by atoms with Crippen LogP contribution in [0.1, 0.15) is 27.3 Å². The highest BCUT2D eigenvalue weighted by Crippen LogP contribution is 2.23. The van der Waals surface area contributed by atoms with E-state index in [0.717, 1.165) is 22.6 Å². The number of hydrogen-bond donors (Lipinski definition) is 0. The Morgan fingerprint density at radius 3 is 2.14 bits per heavy atom. The maximum Gasteiger partial charge on any atom is 0.256 e. The van der Waals surface area contributed by atoms with E-state index >= 15 is 0 Å². The van der Waals surface area contributed by atoms with Crippen LogP contribution in [0.2, 0.25) is 0 Å². The van der Waals surface area contributed by atoms with Crippen LogP contribution in [-0.4, -0.2) is 73.4 Å². The average molecular weight is 404 g/mol. The number of carbonyl (C=O) groups excluding carboxylic acids is 1. The lowest BCUT2D eigenvalue weighted by molar-refractivity contribution is 0.0644. The molecule has 0 saturated carbocycles. The minimum atomic E-state index is -2.96. The molecule has 0 unspecified atom stereocenters. The monoisotopic (exact) mass is 403 g/mol. The fourth-order valence-electron chi connectivity index (χ4n) is 3.70. The molecule has 2 heterocycles. The summed E-state index contributed by atoms with van der Waals surface area (Å²) in [7, 11) is -2.96. The van der Waals surface area contributed by atoms with Crippen LogP contribution in [0.5, 0.6) is 0 Å². The molecule has 0 radical (unpaired) electrons. The SMILES string of the molecule is Cc1ccc(-n2c(C)ccc2C)c(C(=O)N2CCN(CCS(C)(=O)=O)CC2)c1. The Labute approximate surface area is 167 Å². The number of rotatable bonds is 5. The Hall–Kier alpha value is -2.12. The molecule has 0 spiro atoms. The molecule has 3 rings (SSSR count). The molecule has 1 aliphatic rings. The van der Waals surface area contributed by atoms with Crippen molar-refractivity contribution in [2.45, 2.75) is 20.8 Å². The summed E-state index contributed by atoms with van der Waals surface area (Å²) in [6, 6.07) is 10.1. The average Bonchev–Trinajstić information content (AvgIpc) is 2.98. The fraction of sp³-hybridized carbons (Fsp3) is 0.476. The van der Waals surface area contributed by atoms with E-state index in [4.69, 9.17) is 0 Å². The first-order valence-electron chi connectivity index (χ1n) is 9.61. The van der Waals surface area contributed by atoms with Gasteiger partial charge < -0.3 is 9.47 Å². The predicted molar refractivity (Wildman–Crippen MR) is 112 cm³/mol. The molecular weight excluding hydrogens is 374 g/mol. The highest BCUT2D eigenvalue weighted by atomic mass is 32.2. The summed E-state index contributed by atoms with van der Waals surface area (Å²) in [4.78, 5) is 17.3. The van der Waals surface area contributed by atoms with Crippen LogP contribution < -0.4 is 0 Å². The number of benzene rings is 1. The van der Waals surface area contributed by atoms with Gasteiger partial charge in [0.15, 0.2) is 0 Å². The van der Waals surface area contributed by atoms with Gasteiger partial charge in [0, 0.05) is 50.4 Å². The Morgan fingerprint density at radius 1 is 0.964 bits per heavy atom. The van der Waals surface area contributed by atoms with Crippen LogP contribution >= 0.6 is 0 Å². The lowest BCUT2D eigenvalue weighted by atomic mass is 10.1. The van der Waals surface area contributed by atoms with Crippen LogP contribution in [-0.2, 0) is 9.84 Å². The maximum absolute atomic E-state index is 13.3. The highest BCUT2D eigenvalue weighted by molar-refractivity contribution is 7.90. The van der Waals surface area contributed by atoms with Crippen LogP contribution in [0.3, 0.4) is 0 Å². The van der Waals surface area contributed by atoms with Gasteiger partial charge in [-0.3, -0.25) is 9.69 Å². The van der Waals surface area contributed by atoms with Crippen molar-refractivity contribution in [1.82, 2.24) is 14.4 Å². The number of aryl methyl sites for hydroxylation is 3. The normalized spacial score (nSPS) is 15.8. The number of carbonyl (C=O) groups is 1. The quantitative estimate of drug-likeness (QED) is 0.768. The summed E-state index contributed by atoms with van der Waals surface area (Å²) in [5, 5.41) is 0. The van der Waals surface area contributed by atoms with Crippen molar-refractivity contribution in [2.24, 2.45) is 0 Å². The Morgan fingerprint density at radius 2 is 1.57 bits per heavy atom. The first-order valence-corrected chi connectivity index (χ1v) is 11.7. The van der Waals surface area contributed by atoms with Crippen molar-refractivity contribution in [3.05, 3.63) is 52.8 Å².